The highest BCUT2D eigenvalue weighted by molar-refractivity contribution is 9.10. The van der Waals surface area contributed by atoms with Crippen LogP contribution in [0.4, 0.5) is 0 Å². The van der Waals surface area contributed by atoms with E-state index in [9.17, 15) is 0 Å². The lowest BCUT2D eigenvalue weighted by atomic mass is 9.97. The first kappa shape index (κ1) is 9.52. The molecule has 1 aliphatic rings. The minimum Gasteiger partial charge on any atom is -0.492 e. The number of ether oxygens (including phenoxy) is 1. The SMILES string of the molecule is C/C(=N/O)[C@H]1COc2ccc(Br)cc21. The molecule has 0 aliphatic carbocycles. The second kappa shape index (κ2) is 3.61. The second-order valence-corrected chi connectivity index (χ2v) is 4.20. The van der Waals surface area contributed by atoms with Crippen LogP contribution in [0.1, 0.15) is 18.4 Å². The van der Waals surface area contributed by atoms with Crippen molar-refractivity contribution in [3.8, 4) is 5.75 Å². The topological polar surface area (TPSA) is 41.8 Å². The Morgan fingerprint density at radius 2 is 2.43 bits per heavy atom. The van der Waals surface area contributed by atoms with Crippen molar-refractivity contribution in [1.82, 2.24) is 0 Å². The van der Waals surface area contributed by atoms with E-state index < -0.39 is 0 Å². The first-order valence-electron chi connectivity index (χ1n) is 4.33. The molecule has 4 heteroatoms. The van der Waals surface area contributed by atoms with Crippen molar-refractivity contribution in [3.63, 3.8) is 0 Å². The zero-order chi connectivity index (χ0) is 10.1. The summed E-state index contributed by atoms with van der Waals surface area (Å²) in [6.07, 6.45) is 0. The van der Waals surface area contributed by atoms with Crippen LogP contribution in [0.5, 0.6) is 5.75 Å². The quantitative estimate of drug-likeness (QED) is 0.477. The molecule has 0 aromatic heterocycles. The van der Waals surface area contributed by atoms with Crippen molar-refractivity contribution in [2.75, 3.05) is 6.61 Å². The molecule has 1 N–H and O–H groups in total. The summed E-state index contributed by atoms with van der Waals surface area (Å²) >= 11 is 3.41. The maximum absolute atomic E-state index is 8.71. The molecule has 1 aromatic rings. The molecule has 0 spiro atoms. The third kappa shape index (κ3) is 1.50. The number of hydrogen-bond donors (Lipinski definition) is 1. The number of halogens is 1. The molecule has 0 fully saturated rings. The third-order valence-corrected chi connectivity index (χ3v) is 2.91. The predicted molar refractivity (Wildman–Crippen MR) is 57.3 cm³/mol. The summed E-state index contributed by atoms with van der Waals surface area (Å²) < 4.78 is 6.49. The van der Waals surface area contributed by atoms with E-state index in [-0.39, 0.29) is 5.92 Å². The van der Waals surface area contributed by atoms with Crippen LogP contribution < -0.4 is 4.74 Å². The van der Waals surface area contributed by atoms with Gasteiger partial charge in [-0.05, 0) is 25.1 Å². The van der Waals surface area contributed by atoms with Gasteiger partial charge in [0, 0.05) is 10.0 Å². The van der Waals surface area contributed by atoms with Gasteiger partial charge in [-0.15, -0.1) is 0 Å². The monoisotopic (exact) mass is 255 g/mol. The maximum atomic E-state index is 8.71. The highest BCUT2D eigenvalue weighted by Crippen LogP contribution is 2.36. The molecule has 74 valence electrons. The summed E-state index contributed by atoms with van der Waals surface area (Å²) in [5.74, 6) is 0.952. The summed E-state index contributed by atoms with van der Waals surface area (Å²) in [6, 6.07) is 5.86. The van der Waals surface area contributed by atoms with Crippen molar-refractivity contribution in [2.45, 2.75) is 12.8 Å². The Hall–Kier alpha value is -1.03. The van der Waals surface area contributed by atoms with E-state index in [1.165, 1.54) is 0 Å². The number of rotatable bonds is 1. The van der Waals surface area contributed by atoms with Crippen LogP contribution in [0.15, 0.2) is 27.8 Å². The van der Waals surface area contributed by atoms with Crippen molar-refractivity contribution in [3.05, 3.63) is 28.2 Å². The van der Waals surface area contributed by atoms with Gasteiger partial charge in [0.1, 0.15) is 12.4 Å². The third-order valence-electron chi connectivity index (χ3n) is 2.41. The Bertz CT molecular complexity index is 390. The maximum Gasteiger partial charge on any atom is 0.123 e. The average Bonchev–Trinajstić information content (AvgIpc) is 2.59. The van der Waals surface area contributed by atoms with Crippen molar-refractivity contribution >= 4 is 21.6 Å². The fourth-order valence-corrected chi connectivity index (χ4v) is 1.98. The van der Waals surface area contributed by atoms with Crippen molar-refractivity contribution in [2.24, 2.45) is 5.16 Å². The lowest BCUT2D eigenvalue weighted by Crippen LogP contribution is -2.10. The average molecular weight is 256 g/mol. The van der Waals surface area contributed by atoms with Crippen LogP contribution in [0.3, 0.4) is 0 Å². The van der Waals surface area contributed by atoms with Crippen molar-refractivity contribution in [1.29, 1.82) is 0 Å². The normalized spacial score (nSPS) is 20.4. The Balaban J connectivity index is 2.43. The van der Waals surface area contributed by atoms with Crippen LogP contribution >= 0.6 is 15.9 Å². The van der Waals surface area contributed by atoms with Gasteiger partial charge in [0.25, 0.3) is 0 Å². The van der Waals surface area contributed by atoms with Gasteiger partial charge in [-0.3, -0.25) is 0 Å². The molecule has 1 atom stereocenters. The molecule has 0 bridgehead atoms. The van der Waals surface area contributed by atoms with Gasteiger partial charge in [-0.1, -0.05) is 21.1 Å². The summed E-state index contributed by atoms with van der Waals surface area (Å²) in [4.78, 5) is 0. The van der Waals surface area contributed by atoms with E-state index in [0.717, 1.165) is 15.8 Å². The Kier molecular flexibility index (Phi) is 2.46. The molecule has 0 radical (unpaired) electrons. The van der Waals surface area contributed by atoms with E-state index in [1.54, 1.807) is 6.92 Å². The second-order valence-electron chi connectivity index (χ2n) is 3.29. The molecule has 3 nitrogen and oxygen atoms in total. The molecule has 2 rings (SSSR count). The molecule has 1 aliphatic heterocycles. The summed E-state index contributed by atoms with van der Waals surface area (Å²) in [5, 5.41) is 11.9. The van der Waals surface area contributed by atoms with Gasteiger partial charge in [-0.2, -0.15) is 0 Å². The molecular formula is C10H10BrNO2. The number of fused-ring (bicyclic) bond motifs is 1. The van der Waals surface area contributed by atoms with Crippen LogP contribution in [0.2, 0.25) is 0 Å². The summed E-state index contributed by atoms with van der Waals surface area (Å²) in [7, 11) is 0. The van der Waals surface area contributed by atoms with Gasteiger partial charge in [0.15, 0.2) is 0 Å². The highest BCUT2D eigenvalue weighted by atomic mass is 79.9. The zero-order valence-corrected chi connectivity index (χ0v) is 9.28. The Morgan fingerprint density at radius 1 is 1.64 bits per heavy atom. The van der Waals surface area contributed by atoms with E-state index in [1.807, 2.05) is 18.2 Å². The summed E-state index contributed by atoms with van der Waals surface area (Å²) in [6.45, 7) is 2.35. The molecule has 0 saturated heterocycles. The molecule has 0 amide bonds. The van der Waals surface area contributed by atoms with E-state index in [2.05, 4.69) is 21.1 Å². The van der Waals surface area contributed by atoms with E-state index in [4.69, 9.17) is 9.94 Å². The van der Waals surface area contributed by atoms with Gasteiger partial charge in [-0.25, -0.2) is 0 Å². The molecule has 14 heavy (non-hydrogen) atoms. The molecular weight excluding hydrogens is 246 g/mol. The predicted octanol–water partition coefficient (Wildman–Crippen LogP) is 2.78. The number of hydrogen-bond acceptors (Lipinski definition) is 3. The van der Waals surface area contributed by atoms with Crippen LogP contribution in [-0.2, 0) is 0 Å². The standard InChI is InChI=1S/C10H10BrNO2/c1-6(12-13)9-5-14-10-3-2-7(11)4-8(9)10/h2-4,9,13H,5H2,1H3/b12-6-/t9-/m1/s1. The number of oxime groups is 1. The van der Waals surface area contributed by atoms with Crippen LogP contribution in [0.25, 0.3) is 0 Å². The molecule has 0 unspecified atom stereocenters. The Labute approximate surface area is 90.5 Å². The van der Waals surface area contributed by atoms with Gasteiger partial charge in [0.2, 0.25) is 0 Å². The Morgan fingerprint density at radius 3 is 3.14 bits per heavy atom. The zero-order valence-electron chi connectivity index (χ0n) is 7.70. The number of nitrogens with zero attached hydrogens (tertiary/aromatic N) is 1. The van der Waals surface area contributed by atoms with Crippen molar-refractivity contribution < 1.29 is 9.94 Å². The summed E-state index contributed by atoms with van der Waals surface area (Å²) in [5.41, 5.74) is 1.76. The fourth-order valence-electron chi connectivity index (χ4n) is 1.60. The van der Waals surface area contributed by atoms with E-state index >= 15 is 0 Å². The lowest BCUT2D eigenvalue weighted by Gasteiger charge is -2.05. The fraction of sp³-hybridized carbons (Fsp3) is 0.300. The minimum atomic E-state index is 0.0764. The van der Waals surface area contributed by atoms with Gasteiger partial charge >= 0.3 is 0 Å². The smallest absolute Gasteiger partial charge is 0.123 e. The first-order valence-corrected chi connectivity index (χ1v) is 5.12. The van der Waals surface area contributed by atoms with E-state index in [0.29, 0.717) is 12.3 Å². The van der Waals surface area contributed by atoms with Crippen LogP contribution in [0, 0.1) is 0 Å². The van der Waals surface area contributed by atoms with Gasteiger partial charge < -0.3 is 9.94 Å². The van der Waals surface area contributed by atoms with Gasteiger partial charge in [0.05, 0.1) is 11.6 Å². The minimum absolute atomic E-state index is 0.0764. The molecule has 1 aromatic carbocycles. The largest absolute Gasteiger partial charge is 0.492 e. The lowest BCUT2D eigenvalue weighted by molar-refractivity contribution is 0.310. The molecule has 0 saturated carbocycles. The number of benzene rings is 1. The highest BCUT2D eigenvalue weighted by Gasteiger charge is 2.26. The van der Waals surface area contributed by atoms with Crippen LogP contribution in [-0.4, -0.2) is 17.5 Å². The first-order chi connectivity index (χ1) is 6.72. The molecule has 1 heterocycles.